The second-order valence-corrected chi connectivity index (χ2v) is 6.19. The van der Waals surface area contributed by atoms with Crippen molar-refractivity contribution in [3.63, 3.8) is 0 Å². The molecule has 1 saturated carbocycles. The molecule has 3 fully saturated rings. The normalized spacial score (nSPS) is 46.6. The highest BCUT2D eigenvalue weighted by atomic mass is 16.7. The van der Waals surface area contributed by atoms with Crippen LogP contribution in [0.5, 0.6) is 0 Å². The maximum Gasteiger partial charge on any atom is 0.231 e. The Morgan fingerprint density at radius 1 is 1.18 bits per heavy atom. The van der Waals surface area contributed by atoms with Crippen molar-refractivity contribution >= 4 is 5.91 Å². The Balaban J connectivity index is 1.74. The van der Waals surface area contributed by atoms with E-state index >= 15 is 0 Å². The van der Waals surface area contributed by atoms with Gasteiger partial charge in [0.25, 0.3) is 0 Å². The molecule has 2 heterocycles. The first-order valence-electron chi connectivity index (χ1n) is 7.24. The minimum absolute atomic E-state index is 0.0235. The number of nitrogens with one attached hydrogen (secondary N) is 1. The molecule has 0 radical (unpaired) electrons. The molecule has 4 rings (SSSR count). The quantitative estimate of drug-likeness (QED) is 0.368. The van der Waals surface area contributed by atoms with Crippen molar-refractivity contribution in [1.82, 2.24) is 5.32 Å². The fraction of sp³-hybridized carbons (Fsp3) is 0.643. The van der Waals surface area contributed by atoms with Crippen molar-refractivity contribution in [1.29, 1.82) is 0 Å². The standard InChI is InChI=1S/C14H17NO7/c16-6-1-5-4-2-7-13(22-3-21-7)11(18)8(4)14(20)15-9(5)12(19)10(6)17/h2,4-6,8-10,12,16-19H,1,3H2,(H,15,20)/t4?,5-,6-,8?,9+,10+,12-/m0/s1. The molecule has 2 aliphatic carbocycles. The van der Waals surface area contributed by atoms with Crippen molar-refractivity contribution in [3.05, 3.63) is 23.4 Å². The predicted octanol–water partition coefficient (Wildman–Crippen LogP) is -1.51. The summed E-state index contributed by atoms with van der Waals surface area (Å²) in [5.74, 6) is -1.67. The van der Waals surface area contributed by atoms with E-state index in [9.17, 15) is 25.2 Å². The summed E-state index contributed by atoms with van der Waals surface area (Å²) in [6.07, 6.45) is -1.73. The van der Waals surface area contributed by atoms with E-state index in [0.717, 1.165) is 0 Å². The smallest absolute Gasteiger partial charge is 0.231 e. The molecule has 0 aromatic rings. The van der Waals surface area contributed by atoms with Gasteiger partial charge in [-0.3, -0.25) is 4.79 Å². The zero-order valence-electron chi connectivity index (χ0n) is 11.5. The molecule has 0 aromatic heterocycles. The molecule has 4 aliphatic rings. The lowest BCUT2D eigenvalue weighted by atomic mass is 9.64. The highest BCUT2D eigenvalue weighted by Crippen LogP contribution is 2.46. The summed E-state index contributed by atoms with van der Waals surface area (Å²) in [6, 6.07) is -0.680. The molecule has 8 heteroatoms. The van der Waals surface area contributed by atoms with Crippen LogP contribution >= 0.6 is 0 Å². The molecule has 120 valence electrons. The first-order chi connectivity index (χ1) is 10.5. The number of piperidine rings is 1. The van der Waals surface area contributed by atoms with E-state index in [1.165, 1.54) is 0 Å². The van der Waals surface area contributed by atoms with Gasteiger partial charge in [0, 0.05) is 5.92 Å². The molecule has 5 N–H and O–H groups in total. The van der Waals surface area contributed by atoms with Crippen molar-refractivity contribution < 1.29 is 34.7 Å². The van der Waals surface area contributed by atoms with Crippen molar-refractivity contribution in [3.8, 4) is 0 Å². The Morgan fingerprint density at radius 3 is 2.73 bits per heavy atom. The summed E-state index contributed by atoms with van der Waals surface area (Å²) >= 11 is 0. The molecule has 1 amide bonds. The van der Waals surface area contributed by atoms with Gasteiger partial charge in [0.2, 0.25) is 18.5 Å². The van der Waals surface area contributed by atoms with E-state index in [1.807, 2.05) is 0 Å². The molecule has 0 spiro atoms. The maximum atomic E-state index is 12.3. The van der Waals surface area contributed by atoms with Crippen LogP contribution in [0, 0.1) is 17.8 Å². The van der Waals surface area contributed by atoms with E-state index in [2.05, 4.69) is 5.32 Å². The second-order valence-electron chi connectivity index (χ2n) is 6.19. The lowest BCUT2D eigenvalue weighted by Crippen LogP contribution is -2.66. The van der Waals surface area contributed by atoms with Gasteiger partial charge in [-0.25, -0.2) is 0 Å². The van der Waals surface area contributed by atoms with Crippen LogP contribution in [0.2, 0.25) is 0 Å². The molecule has 2 unspecified atom stereocenters. The van der Waals surface area contributed by atoms with E-state index in [1.54, 1.807) is 6.08 Å². The molecule has 7 atom stereocenters. The van der Waals surface area contributed by atoms with Crippen LogP contribution in [0.4, 0.5) is 0 Å². The summed E-state index contributed by atoms with van der Waals surface area (Å²) < 4.78 is 10.5. The van der Waals surface area contributed by atoms with Gasteiger partial charge in [0.05, 0.1) is 12.1 Å². The molecule has 8 nitrogen and oxygen atoms in total. The van der Waals surface area contributed by atoms with E-state index in [-0.39, 0.29) is 30.6 Å². The number of hydrogen-bond donors (Lipinski definition) is 5. The second kappa shape index (κ2) is 4.61. The number of aliphatic hydroxyl groups excluding tert-OH is 4. The highest BCUT2D eigenvalue weighted by molar-refractivity contribution is 5.84. The van der Waals surface area contributed by atoms with Crippen LogP contribution < -0.4 is 5.32 Å². The van der Waals surface area contributed by atoms with Crippen molar-refractivity contribution in [2.45, 2.75) is 30.8 Å². The highest BCUT2D eigenvalue weighted by Gasteiger charge is 2.55. The Hall–Kier alpha value is -1.77. The largest absolute Gasteiger partial charge is 0.507 e. The number of carbonyl (C=O) groups excluding carboxylic acids is 1. The van der Waals surface area contributed by atoms with Gasteiger partial charge >= 0.3 is 0 Å². The average molecular weight is 311 g/mol. The molecule has 0 aromatic carbocycles. The Morgan fingerprint density at radius 2 is 1.95 bits per heavy atom. The van der Waals surface area contributed by atoms with Gasteiger partial charge in [-0.1, -0.05) is 0 Å². The third kappa shape index (κ3) is 1.71. The number of carbonyl (C=O) groups is 1. The van der Waals surface area contributed by atoms with Gasteiger partial charge < -0.3 is 35.2 Å². The van der Waals surface area contributed by atoms with Crippen LogP contribution in [0.1, 0.15) is 6.42 Å². The van der Waals surface area contributed by atoms with Gasteiger partial charge in [-0.05, 0) is 18.4 Å². The Kier molecular flexibility index (Phi) is 2.91. The first kappa shape index (κ1) is 13.9. The summed E-state index contributed by atoms with van der Waals surface area (Å²) in [7, 11) is 0. The van der Waals surface area contributed by atoms with E-state index in [4.69, 9.17) is 9.47 Å². The minimum Gasteiger partial charge on any atom is -0.507 e. The average Bonchev–Trinajstić information content (AvgIpc) is 2.95. The van der Waals surface area contributed by atoms with Crippen LogP contribution in [-0.4, -0.2) is 57.5 Å². The molecule has 2 aliphatic heterocycles. The zero-order chi connectivity index (χ0) is 15.6. The summed E-state index contributed by atoms with van der Waals surface area (Å²) in [4.78, 5) is 12.3. The van der Waals surface area contributed by atoms with Crippen LogP contribution in [-0.2, 0) is 14.3 Å². The topological polar surface area (TPSA) is 128 Å². The maximum absolute atomic E-state index is 12.3. The fourth-order valence-electron chi connectivity index (χ4n) is 3.98. The summed E-state index contributed by atoms with van der Waals surface area (Å²) in [6.45, 7) is -0.0235. The minimum atomic E-state index is -1.31. The molecular weight excluding hydrogens is 294 g/mol. The number of ether oxygens (including phenoxy) is 2. The monoisotopic (exact) mass is 311 g/mol. The number of amides is 1. The lowest BCUT2D eigenvalue weighted by Gasteiger charge is -2.49. The van der Waals surface area contributed by atoms with Crippen LogP contribution in [0.3, 0.4) is 0 Å². The molecule has 2 saturated heterocycles. The van der Waals surface area contributed by atoms with Gasteiger partial charge in [-0.2, -0.15) is 0 Å². The molecule has 0 bridgehead atoms. The Bertz CT molecular complexity index is 586. The number of fused-ring (bicyclic) bond motifs is 4. The third-order valence-corrected chi connectivity index (χ3v) is 5.07. The number of hydrogen-bond acceptors (Lipinski definition) is 7. The van der Waals surface area contributed by atoms with E-state index in [0.29, 0.717) is 5.76 Å². The molecule has 22 heavy (non-hydrogen) atoms. The lowest BCUT2D eigenvalue weighted by molar-refractivity contribution is -0.153. The predicted molar refractivity (Wildman–Crippen MR) is 69.8 cm³/mol. The van der Waals surface area contributed by atoms with Crippen molar-refractivity contribution in [2.75, 3.05) is 6.79 Å². The van der Waals surface area contributed by atoms with Gasteiger partial charge in [0.1, 0.15) is 18.1 Å². The zero-order valence-corrected chi connectivity index (χ0v) is 11.5. The SMILES string of the molecule is O=C1N[C@H]2[C@H](O)[C@H](O)[C@@H](O)C[C@H]2C2C=C3OCOC3=C(O)C12. The fourth-order valence-corrected chi connectivity index (χ4v) is 3.98. The van der Waals surface area contributed by atoms with Crippen LogP contribution in [0.15, 0.2) is 23.4 Å². The third-order valence-electron chi connectivity index (χ3n) is 5.07. The first-order valence-corrected chi connectivity index (χ1v) is 7.24. The van der Waals surface area contributed by atoms with Gasteiger partial charge in [0.15, 0.2) is 11.5 Å². The van der Waals surface area contributed by atoms with Crippen molar-refractivity contribution in [2.24, 2.45) is 17.8 Å². The summed E-state index contributed by atoms with van der Waals surface area (Å²) in [5.41, 5.74) is 0. The number of rotatable bonds is 0. The van der Waals surface area contributed by atoms with E-state index < -0.39 is 42.1 Å². The summed E-state index contributed by atoms with van der Waals surface area (Å²) in [5, 5.41) is 42.8. The van der Waals surface area contributed by atoms with Gasteiger partial charge in [-0.15, -0.1) is 0 Å². The Labute approximate surface area is 125 Å². The number of allylic oxidation sites excluding steroid dienone is 1. The molecular formula is C14H17NO7. The van der Waals surface area contributed by atoms with Crippen LogP contribution in [0.25, 0.3) is 0 Å². The number of aliphatic hydroxyl groups is 4.